The number of amides is 2. The van der Waals surface area contributed by atoms with Gasteiger partial charge in [0.05, 0.1) is 29.9 Å². The quantitative estimate of drug-likeness (QED) is 0.152. The summed E-state index contributed by atoms with van der Waals surface area (Å²) in [7, 11) is 0. The second-order valence-electron chi connectivity index (χ2n) is 7.23. The van der Waals surface area contributed by atoms with Crippen molar-refractivity contribution in [2.24, 2.45) is 16.5 Å². The van der Waals surface area contributed by atoms with Crippen molar-refractivity contribution in [3.63, 3.8) is 0 Å². The molecule has 0 heterocycles. The van der Waals surface area contributed by atoms with Crippen molar-refractivity contribution in [3.8, 4) is 0 Å². The van der Waals surface area contributed by atoms with E-state index >= 15 is 0 Å². The van der Waals surface area contributed by atoms with Gasteiger partial charge >= 0.3 is 6.18 Å². The minimum absolute atomic E-state index is 0.313. The Morgan fingerprint density at radius 3 is 2.24 bits per heavy atom. The summed E-state index contributed by atoms with van der Waals surface area (Å²) < 4.78 is 39.5. The standard InChI is InChI=1S/C21H24F3N5O5/c22-21(23,24)13-6-12(7-14(8-13)28-20(25)26)19(34)27-10-16(30)29-15(9-17(31)32)18(33)11-4-2-1-3-5-11/h1-8,15,17-18,31-33H,9-10H2,(H,27,34)(H,29,30)(H4,25,26,28). The Labute approximate surface area is 192 Å². The van der Waals surface area contributed by atoms with Crippen LogP contribution in [0.25, 0.3) is 0 Å². The van der Waals surface area contributed by atoms with Gasteiger partial charge in [-0.2, -0.15) is 13.2 Å². The molecule has 0 saturated heterocycles. The number of alkyl halides is 3. The molecule has 13 heteroatoms. The summed E-state index contributed by atoms with van der Waals surface area (Å²) in [6.07, 6.45) is -8.36. The van der Waals surface area contributed by atoms with Crippen LogP contribution >= 0.6 is 0 Å². The van der Waals surface area contributed by atoms with Crippen LogP contribution in [0.15, 0.2) is 53.5 Å². The highest BCUT2D eigenvalue weighted by Gasteiger charge is 2.32. The number of aliphatic hydroxyl groups excluding tert-OH is 2. The first-order valence-electron chi connectivity index (χ1n) is 9.85. The predicted molar refractivity (Wildman–Crippen MR) is 115 cm³/mol. The molecule has 9 N–H and O–H groups in total. The molecule has 0 saturated carbocycles. The Balaban J connectivity index is 2.12. The first-order valence-corrected chi connectivity index (χ1v) is 9.85. The molecule has 0 spiro atoms. The van der Waals surface area contributed by atoms with Gasteiger partial charge in [-0.3, -0.25) is 9.59 Å². The second kappa shape index (κ2) is 11.4. The maximum atomic E-state index is 13.2. The Morgan fingerprint density at radius 2 is 1.68 bits per heavy atom. The fourth-order valence-electron chi connectivity index (χ4n) is 3.02. The first-order chi connectivity index (χ1) is 15.9. The monoisotopic (exact) mass is 483 g/mol. The lowest BCUT2D eigenvalue weighted by Gasteiger charge is -2.25. The van der Waals surface area contributed by atoms with Crippen molar-refractivity contribution in [1.82, 2.24) is 10.6 Å². The summed E-state index contributed by atoms with van der Waals surface area (Å²) in [5.41, 5.74) is 8.85. The van der Waals surface area contributed by atoms with Crippen molar-refractivity contribution in [2.75, 3.05) is 6.54 Å². The van der Waals surface area contributed by atoms with Crippen molar-refractivity contribution in [1.29, 1.82) is 0 Å². The third-order valence-electron chi connectivity index (χ3n) is 4.51. The van der Waals surface area contributed by atoms with Gasteiger partial charge in [-0.25, -0.2) is 4.99 Å². The summed E-state index contributed by atoms with van der Waals surface area (Å²) >= 11 is 0. The number of aliphatic imine (C=N–C) groups is 1. The van der Waals surface area contributed by atoms with E-state index in [1.54, 1.807) is 30.3 Å². The van der Waals surface area contributed by atoms with Crippen LogP contribution in [-0.2, 0) is 11.0 Å². The third kappa shape index (κ3) is 8.03. The molecule has 2 aromatic carbocycles. The summed E-state index contributed by atoms with van der Waals surface area (Å²) in [4.78, 5) is 28.2. The Bertz CT molecular complexity index is 1030. The summed E-state index contributed by atoms with van der Waals surface area (Å²) in [6.45, 7) is -0.674. The minimum Gasteiger partial charge on any atom is -0.386 e. The topological polar surface area (TPSA) is 183 Å². The lowest BCUT2D eigenvalue weighted by Crippen LogP contribution is -2.46. The third-order valence-corrected chi connectivity index (χ3v) is 4.51. The minimum atomic E-state index is -4.78. The van der Waals surface area contributed by atoms with Crippen LogP contribution < -0.4 is 22.1 Å². The zero-order valence-electron chi connectivity index (χ0n) is 17.7. The van der Waals surface area contributed by atoms with Crippen LogP contribution in [0.1, 0.15) is 34.0 Å². The van der Waals surface area contributed by atoms with Gasteiger partial charge in [0, 0.05) is 12.0 Å². The number of rotatable bonds is 9. The molecular formula is C21H24F3N5O5. The lowest BCUT2D eigenvalue weighted by molar-refractivity contribution is -0.137. The number of benzene rings is 2. The van der Waals surface area contributed by atoms with Gasteiger partial charge in [0.2, 0.25) is 5.91 Å². The van der Waals surface area contributed by atoms with E-state index in [1.807, 2.05) is 0 Å². The second-order valence-corrected chi connectivity index (χ2v) is 7.23. The van der Waals surface area contributed by atoms with Crippen molar-refractivity contribution >= 4 is 23.5 Å². The molecule has 2 aromatic rings. The molecule has 0 aliphatic heterocycles. The Kier molecular flexibility index (Phi) is 8.95. The van der Waals surface area contributed by atoms with Crippen LogP contribution in [0.4, 0.5) is 18.9 Å². The van der Waals surface area contributed by atoms with E-state index < -0.39 is 66.5 Å². The number of guanidine groups is 1. The Hall–Kier alpha value is -3.68. The van der Waals surface area contributed by atoms with Crippen LogP contribution in [0.3, 0.4) is 0 Å². The SMILES string of the molecule is NC(N)=Nc1cc(C(=O)NCC(=O)NC(CC(O)O)C(O)c2ccccc2)cc(C(F)(F)F)c1. The molecule has 0 bridgehead atoms. The smallest absolute Gasteiger partial charge is 0.386 e. The lowest BCUT2D eigenvalue weighted by atomic mass is 9.99. The van der Waals surface area contributed by atoms with E-state index in [-0.39, 0.29) is 5.69 Å². The van der Waals surface area contributed by atoms with E-state index in [9.17, 15) is 38.1 Å². The number of carbonyl (C=O) groups is 2. The van der Waals surface area contributed by atoms with Gasteiger partial charge in [-0.05, 0) is 23.8 Å². The fraction of sp³-hybridized carbons (Fsp3) is 0.286. The fourth-order valence-corrected chi connectivity index (χ4v) is 3.02. The number of hydrogen-bond acceptors (Lipinski definition) is 6. The molecule has 2 amide bonds. The van der Waals surface area contributed by atoms with Gasteiger partial charge in [0.1, 0.15) is 0 Å². The molecule has 184 valence electrons. The number of aliphatic hydroxyl groups is 3. The maximum absolute atomic E-state index is 13.2. The molecule has 10 nitrogen and oxygen atoms in total. The highest BCUT2D eigenvalue weighted by Crippen LogP contribution is 2.32. The van der Waals surface area contributed by atoms with Gasteiger partial charge < -0.3 is 37.4 Å². The number of carbonyl (C=O) groups excluding carboxylic acids is 2. The molecule has 34 heavy (non-hydrogen) atoms. The van der Waals surface area contributed by atoms with E-state index in [4.69, 9.17) is 11.5 Å². The molecule has 2 atom stereocenters. The van der Waals surface area contributed by atoms with Crippen molar-refractivity contribution < 1.29 is 38.1 Å². The van der Waals surface area contributed by atoms with Crippen molar-refractivity contribution in [3.05, 3.63) is 65.2 Å². The van der Waals surface area contributed by atoms with Crippen LogP contribution in [0.5, 0.6) is 0 Å². The number of nitrogens with zero attached hydrogens (tertiary/aromatic N) is 1. The number of halogens is 3. The Morgan fingerprint density at radius 1 is 1.03 bits per heavy atom. The van der Waals surface area contributed by atoms with Crippen LogP contribution in [0.2, 0.25) is 0 Å². The average Bonchev–Trinajstić information content (AvgIpc) is 2.75. The molecule has 0 aromatic heterocycles. The molecule has 2 unspecified atom stereocenters. The van der Waals surface area contributed by atoms with Crippen LogP contribution in [-0.4, -0.2) is 52.0 Å². The van der Waals surface area contributed by atoms with E-state index in [0.717, 1.165) is 6.07 Å². The number of hydrogen-bond donors (Lipinski definition) is 7. The highest BCUT2D eigenvalue weighted by molar-refractivity contribution is 5.97. The average molecular weight is 483 g/mol. The maximum Gasteiger partial charge on any atom is 0.416 e. The molecule has 0 aliphatic carbocycles. The van der Waals surface area contributed by atoms with Crippen molar-refractivity contribution in [2.45, 2.75) is 31.0 Å². The molecule has 0 radical (unpaired) electrons. The highest BCUT2D eigenvalue weighted by atomic mass is 19.4. The van der Waals surface area contributed by atoms with Gasteiger partial charge in [0.25, 0.3) is 5.91 Å². The molecule has 2 rings (SSSR count). The van der Waals surface area contributed by atoms with E-state index in [0.29, 0.717) is 17.7 Å². The van der Waals surface area contributed by atoms with Gasteiger partial charge in [-0.15, -0.1) is 0 Å². The first kappa shape index (κ1) is 26.6. The number of nitrogens with two attached hydrogens (primary N) is 2. The summed E-state index contributed by atoms with van der Waals surface area (Å²) in [5.74, 6) is -2.36. The summed E-state index contributed by atoms with van der Waals surface area (Å²) in [6, 6.07) is 9.21. The normalized spacial score (nSPS) is 13.1. The molecular weight excluding hydrogens is 459 g/mol. The largest absolute Gasteiger partial charge is 0.416 e. The zero-order valence-corrected chi connectivity index (χ0v) is 17.7. The van der Waals surface area contributed by atoms with Crippen LogP contribution in [0, 0.1) is 0 Å². The zero-order chi connectivity index (χ0) is 25.5. The van der Waals surface area contributed by atoms with E-state index in [2.05, 4.69) is 15.6 Å². The molecule has 0 fully saturated rings. The summed E-state index contributed by atoms with van der Waals surface area (Å²) in [5, 5.41) is 33.6. The predicted octanol–water partition coefficient (Wildman–Crippen LogP) is 0.259. The number of nitrogens with one attached hydrogen (secondary N) is 2. The molecule has 0 aliphatic rings. The van der Waals surface area contributed by atoms with E-state index in [1.165, 1.54) is 0 Å². The van der Waals surface area contributed by atoms with Gasteiger partial charge in [0.15, 0.2) is 12.2 Å². The van der Waals surface area contributed by atoms with Gasteiger partial charge in [-0.1, -0.05) is 30.3 Å².